The van der Waals surface area contributed by atoms with E-state index in [1.54, 1.807) is 0 Å². The van der Waals surface area contributed by atoms with Crippen molar-refractivity contribution >= 4 is 0 Å². The summed E-state index contributed by atoms with van der Waals surface area (Å²) < 4.78 is 0. The molecule has 1 aliphatic heterocycles. The van der Waals surface area contributed by atoms with Crippen LogP contribution in [0.25, 0.3) is 0 Å². The molecule has 0 aromatic carbocycles. The van der Waals surface area contributed by atoms with E-state index in [2.05, 4.69) is 17.1 Å². The summed E-state index contributed by atoms with van der Waals surface area (Å²) >= 11 is 0. The predicted octanol–water partition coefficient (Wildman–Crippen LogP) is -0.0235. The second kappa shape index (κ2) is 4.70. The molecule has 0 spiro atoms. The summed E-state index contributed by atoms with van der Waals surface area (Å²) in [5.41, 5.74) is 5.78. The number of rotatable bonds is 3. The van der Waals surface area contributed by atoms with Crippen LogP contribution in [0, 0.1) is 0 Å². The van der Waals surface area contributed by atoms with Crippen LogP contribution in [0.1, 0.15) is 19.8 Å². The SMILES string of the molecule is CCNCN1CCC(N)CC1. The van der Waals surface area contributed by atoms with E-state index >= 15 is 0 Å². The summed E-state index contributed by atoms with van der Waals surface area (Å²) in [5, 5.41) is 3.32. The molecule has 3 nitrogen and oxygen atoms in total. The monoisotopic (exact) mass is 157 g/mol. The maximum atomic E-state index is 5.78. The Bertz CT molecular complexity index is 94.8. The highest BCUT2D eigenvalue weighted by molar-refractivity contribution is 4.72. The predicted molar refractivity (Wildman–Crippen MR) is 47.3 cm³/mol. The Kier molecular flexibility index (Phi) is 3.83. The van der Waals surface area contributed by atoms with E-state index in [-0.39, 0.29) is 0 Å². The van der Waals surface area contributed by atoms with Gasteiger partial charge in [0, 0.05) is 25.8 Å². The Morgan fingerprint density at radius 3 is 2.64 bits per heavy atom. The normalized spacial score (nSPS) is 22.4. The first-order valence-corrected chi connectivity index (χ1v) is 4.51. The van der Waals surface area contributed by atoms with Gasteiger partial charge < -0.3 is 11.1 Å². The number of likely N-dealkylation sites (tertiary alicyclic amines) is 1. The molecule has 0 aliphatic carbocycles. The van der Waals surface area contributed by atoms with Crippen LogP contribution in [0.15, 0.2) is 0 Å². The van der Waals surface area contributed by atoms with Gasteiger partial charge in [0.05, 0.1) is 0 Å². The van der Waals surface area contributed by atoms with Gasteiger partial charge in [-0.2, -0.15) is 0 Å². The van der Waals surface area contributed by atoms with Gasteiger partial charge in [0.2, 0.25) is 0 Å². The largest absolute Gasteiger partial charge is 0.328 e. The van der Waals surface area contributed by atoms with Gasteiger partial charge in [0.15, 0.2) is 0 Å². The number of nitrogens with two attached hydrogens (primary N) is 1. The van der Waals surface area contributed by atoms with E-state index in [9.17, 15) is 0 Å². The van der Waals surface area contributed by atoms with Gasteiger partial charge in [-0.1, -0.05) is 6.92 Å². The number of hydrogen-bond donors (Lipinski definition) is 2. The van der Waals surface area contributed by atoms with Crippen LogP contribution in [0.2, 0.25) is 0 Å². The molecule has 0 aromatic heterocycles. The molecule has 1 heterocycles. The van der Waals surface area contributed by atoms with Crippen molar-refractivity contribution in [2.75, 3.05) is 26.3 Å². The Morgan fingerprint density at radius 2 is 2.09 bits per heavy atom. The highest BCUT2D eigenvalue weighted by atomic mass is 15.2. The minimum Gasteiger partial charge on any atom is -0.328 e. The lowest BCUT2D eigenvalue weighted by Crippen LogP contribution is -2.43. The van der Waals surface area contributed by atoms with Gasteiger partial charge in [-0.05, 0) is 19.4 Å². The second-order valence-corrected chi connectivity index (χ2v) is 3.22. The maximum absolute atomic E-state index is 5.78. The zero-order chi connectivity index (χ0) is 8.10. The fourth-order valence-corrected chi connectivity index (χ4v) is 1.38. The van der Waals surface area contributed by atoms with E-state index < -0.39 is 0 Å². The van der Waals surface area contributed by atoms with Crippen LogP contribution >= 0.6 is 0 Å². The summed E-state index contributed by atoms with van der Waals surface area (Å²) in [4.78, 5) is 2.42. The minimum atomic E-state index is 0.452. The van der Waals surface area contributed by atoms with Gasteiger partial charge in [-0.25, -0.2) is 0 Å². The van der Waals surface area contributed by atoms with Crippen LogP contribution in [0.5, 0.6) is 0 Å². The smallest absolute Gasteiger partial charge is 0.0480 e. The van der Waals surface area contributed by atoms with Crippen molar-refractivity contribution in [1.82, 2.24) is 10.2 Å². The third kappa shape index (κ3) is 3.18. The van der Waals surface area contributed by atoms with Crippen molar-refractivity contribution in [3.8, 4) is 0 Å². The van der Waals surface area contributed by atoms with E-state index in [0.717, 1.165) is 39.1 Å². The first-order chi connectivity index (χ1) is 5.33. The van der Waals surface area contributed by atoms with E-state index in [0.29, 0.717) is 6.04 Å². The Balaban J connectivity index is 2.07. The third-order valence-corrected chi connectivity index (χ3v) is 2.22. The molecule has 66 valence electrons. The quantitative estimate of drug-likeness (QED) is 0.605. The molecule has 3 N–H and O–H groups in total. The molecule has 0 radical (unpaired) electrons. The molecule has 0 atom stereocenters. The summed E-state index contributed by atoms with van der Waals surface area (Å²) in [6.45, 7) is 6.55. The Labute approximate surface area is 68.9 Å². The van der Waals surface area contributed by atoms with E-state index in [1.807, 2.05) is 0 Å². The maximum Gasteiger partial charge on any atom is 0.0480 e. The molecule has 0 unspecified atom stereocenters. The molecule has 11 heavy (non-hydrogen) atoms. The fraction of sp³-hybridized carbons (Fsp3) is 1.00. The lowest BCUT2D eigenvalue weighted by atomic mass is 10.1. The lowest BCUT2D eigenvalue weighted by molar-refractivity contribution is 0.200. The van der Waals surface area contributed by atoms with Crippen LogP contribution in [0.4, 0.5) is 0 Å². The lowest BCUT2D eigenvalue weighted by Gasteiger charge is -2.29. The zero-order valence-electron chi connectivity index (χ0n) is 7.34. The highest BCUT2D eigenvalue weighted by Gasteiger charge is 2.14. The van der Waals surface area contributed by atoms with Crippen molar-refractivity contribution in [1.29, 1.82) is 0 Å². The molecule has 1 saturated heterocycles. The van der Waals surface area contributed by atoms with Gasteiger partial charge >= 0.3 is 0 Å². The molecule has 0 aromatic rings. The molecule has 0 saturated carbocycles. The summed E-state index contributed by atoms with van der Waals surface area (Å²) in [5.74, 6) is 0. The van der Waals surface area contributed by atoms with Gasteiger partial charge in [-0.15, -0.1) is 0 Å². The number of nitrogens with zero attached hydrogens (tertiary/aromatic N) is 1. The summed E-state index contributed by atoms with van der Waals surface area (Å²) in [6.07, 6.45) is 2.32. The molecule has 3 heteroatoms. The van der Waals surface area contributed by atoms with Crippen LogP contribution in [0.3, 0.4) is 0 Å². The first kappa shape index (κ1) is 8.97. The average Bonchev–Trinajstić information content (AvgIpc) is 2.04. The molecular formula is C8H19N3. The van der Waals surface area contributed by atoms with Crippen molar-refractivity contribution in [2.24, 2.45) is 5.73 Å². The third-order valence-electron chi connectivity index (χ3n) is 2.22. The van der Waals surface area contributed by atoms with Crippen molar-refractivity contribution in [3.63, 3.8) is 0 Å². The molecule has 0 amide bonds. The average molecular weight is 157 g/mol. The molecular weight excluding hydrogens is 138 g/mol. The Hall–Kier alpha value is -0.120. The first-order valence-electron chi connectivity index (χ1n) is 4.51. The molecule has 0 bridgehead atoms. The number of nitrogens with one attached hydrogen (secondary N) is 1. The van der Waals surface area contributed by atoms with Gasteiger partial charge in [0.1, 0.15) is 0 Å². The van der Waals surface area contributed by atoms with Crippen molar-refractivity contribution in [2.45, 2.75) is 25.8 Å². The van der Waals surface area contributed by atoms with E-state index in [1.165, 1.54) is 0 Å². The fourth-order valence-electron chi connectivity index (χ4n) is 1.38. The number of piperidine rings is 1. The number of hydrogen-bond acceptors (Lipinski definition) is 3. The van der Waals surface area contributed by atoms with Crippen LogP contribution < -0.4 is 11.1 Å². The van der Waals surface area contributed by atoms with Gasteiger partial charge in [-0.3, -0.25) is 4.90 Å². The topological polar surface area (TPSA) is 41.3 Å². The second-order valence-electron chi connectivity index (χ2n) is 3.22. The van der Waals surface area contributed by atoms with E-state index in [4.69, 9.17) is 5.73 Å². The van der Waals surface area contributed by atoms with Crippen LogP contribution in [-0.2, 0) is 0 Å². The van der Waals surface area contributed by atoms with Crippen LogP contribution in [-0.4, -0.2) is 37.2 Å². The molecule has 1 aliphatic rings. The summed E-state index contributed by atoms with van der Waals surface area (Å²) in [7, 11) is 0. The molecule has 1 rings (SSSR count). The van der Waals surface area contributed by atoms with Crippen molar-refractivity contribution < 1.29 is 0 Å². The molecule has 1 fully saturated rings. The zero-order valence-corrected chi connectivity index (χ0v) is 7.34. The summed E-state index contributed by atoms with van der Waals surface area (Å²) in [6, 6.07) is 0.452. The standard InChI is InChI=1S/C8H19N3/c1-2-10-7-11-5-3-8(9)4-6-11/h8,10H,2-7,9H2,1H3. The van der Waals surface area contributed by atoms with Gasteiger partial charge in [0.25, 0.3) is 0 Å². The Morgan fingerprint density at radius 1 is 1.45 bits per heavy atom. The minimum absolute atomic E-state index is 0.452. The van der Waals surface area contributed by atoms with Crippen molar-refractivity contribution in [3.05, 3.63) is 0 Å². The highest BCUT2D eigenvalue weighted by Crippen LogP contribution is 2.06.